The molecule has 0 saturated heterocycles. The molecule has 9 heteroatoms. The molecule has 0 atom stereocenters. The maximum absolute atomic E-state index is 12.1. The Bertz CT molecular complexity index is 1030. The van der Waals surface area contributed by atoms with Crippen LogP contribution in [0.5, 0.6) is 0 Å². The molecule has 0 fully saturated rings. The first-order chi connectivity index (χ1) is 13.5. The summed E-state index contributed by atoms with van der Waals surface area (Å²) in [7, 11) is 0. The van der Waals surface area contributed by atoms with Gasteiger partial charge in [-0.05, 0) is 35.9 Å². The van der Waals surface area contributed by atoms with Crippen LogP contribution in [-0.4, -0.2) is 33.2 Å². The predicted molar refractivity (Wildman–Crippen MR) is 101 cm³/mol. The second-order valence-electron chi connectivity index (χ2n) is 5.72. The third-order valence-electron chi connectivity index (χ3n) is 3.71. The number of nitrogens with zero attached hydrogens (tertiary/aromatic N) is 4. The number of carbonyl (C=O) groups is 2. The highest BCUT2D eigenvalue weighted by Crippen LogP contribution is 2.20. The van der Waals surface area contributed by atoms with Crippen molar-refractivity contribution in [2.24, 2.45) is 0 Å². The van der Waals surface area contributed by atoms with E-state index in [2.05, 4.69) is 15.4 Å². The van der Waals surface area contributed by atoms with Gasteiger partial charge < -0.3 is 10.1 Å². The first-order valence-electron chi connectivity index (χ1n) is 8.13. The molecule has 0 saturated carbocycles. The summed E-state index contributed by atoms with van der Waals surface area (Å²) in [5.41, 5.74) is 1.98. The van der Waals surface area contributed by atoms with Crippen molar-refractivity contribution in [2.45, 2.75) is 6.54 Å². The Labute approximate surface area is 165 Å². The lowest BCUT2D eigenvalue weighted by atomic mass is 10.1. The number of ether oxygens (including phenoxy) is 1. The van der Waals surface area contributed by atoms with E-state index in [1.165, 1.54) is 24.5 Å². The first kappa shape index (κ1) is 19.1. The summed E-state index contributed by atoms with van der Waals surface area (Å²) in [5, 5.41) is 15.6. The number of esters is 1. The van der Waals surface area contributed by atoms with Crippen LogP contribution in [0.15, 0.2) is 55.1 Å². The number of nitrogens with one attached hydrogen (secondary N) is 1. The van der Waals surface area contributed by atoms with Crippen LogP contribution in [0.2, 0.25) is 5.02 Å². The summed E-state index contributed by atoms with van der Waals surface area (Å²) in [6.07, 6.45) is 3.05. The second kappa shape index (κ2) is 8.79. The van der Waals surface area contributed by atoms with E-state index < -0.39 is 18.5 Å². The van der Waals surface area contributed by atoms with Crippen molar-refractivity contribution in [3.8, 4) is 6.07 Å². The molecule has 1 amide bonds. The summed E-state index contributed by atoms with van der Waals surface area (Å²) < 4.78 is 6.68. The number of anilines is 1. The fourth-order valence-corrected chi connectivity index (χ4v) is 2.57. The number of amides is 1. The SMILES string of the molecule is N#Cc1ccc(NC(=O)COC(=O)c2ccc(Cn3cncn3)cc2)cc1Cl. The molecule has 0 aliphatic heterocycles. The van der Waals surface area contributed by atoms with Gasteiger partial charge in [0.1, 0.15) is 18.7 Å². The number of nitriles is 1. The molecule has 1 heterocycles. The van der Waals surface area contributed by atoms with E-state index in [0.29, 0.717) is 23.4 Å². The van der Waals surface area contributed by atoms with Gasteiger partial charge in [0, 0.05) is 5.69 Å². The van der Waals surface area contributed by atoms with Crippen molar-refractivity contribution in [1.82, 2.24) is 14.8 Å². The fourth-order valence-electron chi connectivity index (χ4n) is 2.34. The average Bonchev–Trinajstić information content (AvgIpc) is 3.20. The predicted octanol–water partition coefficient (Wildman–Crippen LogP) is 2.65. The average molecular weight is 396 g/mol. The lowest BCUT2D eigenvalue weighted by Gasteiger charge is -2.08. The summed E-state index contributed by atoms with van der Waals surface area (Å²) >= 11 is 5.91. The Kier molecular flexibility index (Phi) is 5.99. The fraction of sp³-hybridized carbons (Fsp3) is 0.105. The topological polar surface area (TPSA) is 110 Å². The highest BCUT2D eigenvalue weighted by Gasteiger charge is 2.11. The molecule has 2 aromatic carbocycles. The van der Waals surface area contributed by atoms with E-state index in [9.17, 15) is 9.59 Å². The number of carbonyl (C=O) groups excluding carboxylic acids is 2. The monoisotopic (exact) mass is 395 g/mol. The van der Waals surface area contributed by atoms with Gasteiger partial charge in [0.25, 0.3) is 5.91 Å². The number of hydrogen-bond donors (Lipinski definition) is 1. The largest absolute Gasteiger partial charge is 0.452 e. The van der Waals surface area contributed by atoms with Gasteiger partial charge in [0.05, 0.1) is 22.7 Å². The first-order valence-corrected chi connectivity index (χ1v) is 8.51. The number of rotatable bonds is 6. The van der Waals surface area contributed by atoms with Gasteiger partial charge >= 0.3 is 5.97 Å². The third-order valence-corrected chi connectivity index (χ3v) is 4.02. The third kappa shape index (κ3) is 4.93. The molecule has 3 rings (SSSR count). The van der Waals surface area contributed by atoms with Gasteiger partial charge in [-0.3, -0.25) is 4.79 Å². The molecule has 140 valence electrons. The molecular formula is C19H14ClN5O3. The number of benzene rings is 2. The van der Waals surface area contributed by atoms with Crippen LogP contribution in [-0.2, 0) is 16.1 Å². The Morgan fingerprint density at radius 2 is 2.00 bits per heavy atom. The minimum Gasteiger partial charge on any atom is -0.452 e. The zero-order valence-corrected chi connectivity index (χ0v) is 15.3. The molecule has 1 N–H and O–H groups in total. The Morgan fingerprint density at radius 1 is 1.21 bits per heavy atom. The molecule has 0 aliphatic carbocycles. The smallest absolute Gasteiger partial charge is 0.338 e. The number of aromatic nitrogens is 3. The maximum Gasteiger partial charge on any atom is 0.338 e. The number of halogens is 1. The van der Waals surface area contributed by atoms with Crippen molar-refractivity contribution in [3.63, 3.8) is 0 Å². The van der Waals surface area contributed by atoms with E-state index in [4.69, 9.17) is 21.6 Å². The molecule has 0 bridgehead atoms. The molecule has 28 heavy (non-hydrogen) atoms. The van der Waals surface area contributed by atoms with Gasteiger partial charge in [-0.2, -0.15) is 10.4 Å². The molecule has 1 aromatic heterocycles. The van der Waals surface area contributed by atoms with Crippen LogP contribution < -0.4 is 5.32 Å². The van der Waals surface area contributed by atoms with Crippen LogP contribution in [0.25, 0.3) is 0 Å². The van der Waals surface area contributed by atoms with Crippen molar-refractivity contribution in [3.05, 3.63) is 76.8 Å². The molecule has 0 unspecified atom stereocenters. The lowest BCUT2D eigenvalue weighted by Crippen LogP contribution is -2.21. The van der Waals surface area contributed by atoms with Gasteiger partial charge in [-0.1, -0.05) is 23.7 Å². The van der Waals surface area contributed by atoms with Crippen molar-refractivity contribution < 1.29 is 14.3 Å². The van der Waals surface area contributed by atoms with Crippen LogP contribution in [0, 0.1) is 11.3 Å². The quantitative estimate of drug-likeness (QED) is 0.642. The van der Waals surface area contributed by atoms with E-state index in [-0.39, 0.29) is 5.02 Å². The van der Waals surface area contributed by atoms with Gasteiger partial charge in [-0.15, -0.1) is 0 Å². The minimum atomic E-state index is -0.611. The van der Waals surface area contributed by atoms with E-state index >= 15 is 0 Å². The normalized spacial score (nSPS) is 10.1. The summed E-state index contributed by atoms with van der Waals surface area (Å²) in [4.78, 5) is 27.9. The van der Waals surface area contributed by atoms with E-state index in [0.717, 1.165) is 5.56 Å². The standard InChI is InChI=1S/C19H14ClN5O3/c20-17-7-16(6-5-15(17)8-21)24-18(26)10-28-19(27)14-3-1-13(2-4-14)9-25-12-22-11-23-25/h1-7,11-12H,9-10H2,(H,24,26). The Morgan fingerprint density at radius 3 is 2.64 bits per heavy atom. The molecule has 8 nitrogen and oxygen atoms in total. The van der Waals surface area contributed by atoms with Crippen molar-refractivity contribution in [2.75, 3.05) is 11.9 Å². The van der Waals surface area contributed by atoms with Crippen LogP contribution in [0.1, 0.15) is 21.5 Å². The van der Waals surface area contributed by atoms with Gasteiger partial charge in [-0.25, -0.2) is 14.5 Å². The molecule has 0 radical (unpaired) electrons. The van der Waals surface area contributed by atoms with Crippen LogP contribution in [0.3, 0.4) is 0 Å². The molecule has 0 aliphatic rings. The van der Waals surface area contributed by atoms with Gasteiger partial charge in [0.15, 0.2) is 6.61 Å². The van der Waals surface area contributed by atoms with E-state index in [1.54, 1.807) is 35.3 Å². The van der Waals surface area contributed by atoms with Crippen LogP contribution >= 0.6 is 11.6 Å². The maximum atomic E-state index is 12.1. The molecular weight excluding hydrogens is 382 g/mol. The zero-order valence-electron chi connectivity index (χ0n) is 14.5. The lowest BCUT2D eigenvalue weighted by molar-refractivity contribution is -0.119. The Balaban J connectivity index is 1.51. The molecule has 0 spiro atoms. The summed E-state index contributed by atoms with van der Waals surface area (Å²) in [5.74, 6) is -1.13. The highest BCUT2D eigenvalue weighted by molar-refractivity contribution is 6.32. The second-order valence-corrected chi connectivity index (χ2v) is 6.13. The van der Waals surface area contributed by atoms with Crippen molar-refractivity contribution in [1.29, 1.82) is 5.26 Å². The van der Waals surface area contributed by atoms with Crippen LogP contribution in [0.4, 0.5) is 5.69 Å². The highest BCUT2D eigenvalue weighted by atomic mass is 35.5. The summed E-state index contributed by atoms with van der Waals surface area (Å²) in [6.45, 7) is 0.0854. The number of hydrogen-bond acceptors (Lipinski definition) is 6. The Hall–Kier alpha value is -3.70. The minimum absolute atomic E-state index is 0.225. The van der Waals surface area contributed by atoms with Gasteiger partial charge in [0.2, 0.25) is 0 Å². The van der Waals surface area contributed by atoms with Crippen molar-refractivity contribution >= 4 is 29.2 Å². The zero-order chi connectivity index (χ0) is 19.9. The van der Waals surface area contributed by atoms with E-state index in [1.807, 2.05) is 6.07 Å². The summed E-state index contributed by atoms with van der Waals surface area (Å²) in [6, 6.07) is 13.2. The molecule has 3 aromatic rings.